The zero-order valence-corrected chi connectivity index (χ0v) is 11.4. The summed E-state index contributed by atoms with van der Waals surface area (Å²) < 4.78 is 4.92. The summed E-state index contributed by atoms with van der Waals surface area (Å²) in [6.45, 7) is 1.44. The van der Waals surface area contributed by atoms with Gasteiger partial charge in [0.25, 0.3) is 0 Å². The fraction of sp³-hybridized carbons (Fsp3) is 0.357. The molecule has 6 nitrogen and oxygen atoms in total. The van der Waals surface area contributed by atoms with Crippen LogP contribution in [0.1, 0.15) is 6.42 Å². The van der Waals surface area contributed by atoms with E-state index in [2.05, 4.69) is 20.6 Å². The van der Waals surface area contributed by atoms with E-state index in [9.17, 15) is 4.79 Å². The summed E-state index contributed by atoms with van der Waals surface area (Å²) in [5.74, 6) is 0.603. The molecule has 0 atom stereocenters. The van der Waals surface area contributed by atoms with Crippen LogP contribution in [0.5, 0.6) is 0 Å². The molecular formula is C14H18N4O2. The lowest BCUT2D eigenvalue weighted by atomic mass is 10.2. The van der Waals surface area contributed by atoms with Crippen molar-refractivity contribution < 1.29 is 9.53 Å². The van der Waals surface area contributed by atoms with Gasteiger partial charge in [0.1, 0.15) is 12.1 Å². The van der Waals surface area contributed by atoms with Crippen molar-refractivity contribution in [3.8, 4) is 0 Å². The predicted molar refractivity (Wildman–Crippen MR) is 77.5 cm³/mol. The van der Waals surface area contributed by atoms with E-state index in [1.165, 1.54) is 6.33 Å². The number of methoxy groups -OCH3 is 1. The molecular weight excluding hydrogens is 256 g/mol. The van der Waals surface area contributed by atoms with Gasteiger partial charge < -0.3 is 15.4 Å². The molecule has 2 N–H and O–H groups in total. The SMILES string of the molecule is COCCCNC(=O)CNc1ncnc2ccccc12. The summed E-state index contributed by atoms with van der Waals surface area (Å²) in [5.41, 5.74) is 0.852. The second kappa shape index (κ2) is 7.40. The highest BCUT2D eigenvalue weighted by Gasteiger charge is 2.05. The number of rotatable bonds is 7. The first-order valence-corrected chi connectivity index (χ1v) is 6.50. The van der Waals surface area contributed by atoms with Gasteiger partial charge in [-0.05, 0) is 18.6 Å². The van der Waals surface area contributed by atoms with Crippen molar-refractivity contribution in [2.45, 2.75) is 6.42 Å². The fourth-order valence-electron chi connectivity index (χ4n) is 1.82. The molecule has 0 aliphatic carbocycles. The zero-order chi connectivity index (χ0) is 14.2. The topological polar surface area (TPSA) is 76.1 Å². The number of carbonyl (C=O) groups is 1. The molecule has 1 aromatic heterocycles. The number of hydrogen-bond acceptors (Lipinski definition) is 5. The number of carbonyl (C=O) groups excluding carboxylic acids is 1. The van der Waals surface area contributed by atoms with Crippen molar-refractivity contribution >= 4 is 22.6 Å². The summed E-state index contributed by atoms with van der Waals surface area (Å²) in [6.07, 6.45) is 2.29. The summed E-state index contributed by atoms with van der Waals surface area (Å²) in [5, 5.41) is 6.75. The van der Waals surface area contributed by atoms with Crippen LogP contribution in [0.4, 0.5) is 5.82 Å². The summed E-state index contributed by atoms with van der Waals surface area (Å²) >= 11 is 0. The third kappa shape index (κ3) is 3.89. The number of para-hydroxylation sites is 1. The van der Waals surface area contributed by atoms with Gasteiger partial charge in [-0.3, -0.25) is 4.79 Å². The standard InChI is InChI=1S/C14H18N4O2/c1-20-8-4-7-15-13(19)9-16-14-11-5-2-3-6-12(11)17-10-18-14/h2-3,5-6,10H,4,7-9H2,1H3,(H,15,19)(H,16,17,18). The molecule has 1 heterocycles. The summed E-state index contributed by atoms with van der Waals surface area (Å²) in [7, 11) is 1.64. The van der Waals surface area contributed by atoms with E-state index in [0.717, 1.165) is 17.3 Å². The average Bonchev–Trinajstić information content (AvgIpc) is 2.49. The Morgan fingerprint density at radius 1 is 1.30 bits per heavy atom. The number of ether oxygens (including phenoxy) is 1. The summed E-state index contributed by atoms with van der Waals surface area (Å²) in [4.78, 5) is 20.0. The van der Waals surface area contributed by atoms with Crippen molar-refractivity contribution in [1.29, 1.82) is 0 Å². The summed E-state index contributed by atoms with van der Waals surface area (Å²) in [6, 6.07) is 7.67. The number of nitrogens with zero attached hydrogens (tertiary/aromatic N) is 2. The van der Waals surface area contributed by atoms with Crippen molar-refractivity contribution in [3.63, 3.8) is 0 Å². The maximum Gasteiger partial charge on any atom is 0.239 e. The van der Waals surface area contributed by atoms with Gasteiger partial charge in [0.15, 0.2) is 0 Å². The van der Waals surface area contributed by atoms with Gasteiger partial charge in [0, 0.05) is 25.6 Å². The Morgan fingerprint density at radius 2 is 2.15 bits per heavy atom. The Hall–Kier alpha value is -2.21. The molecule has 1 amide bonds. The van der Waals surface area contributed by atoms with Crippen molar-refractivity contribution in [3.05, 3.63) is 30.6 Å². The predicted octanol–water partition coefficient (Wildman–Crippen LogP) is 1.19. The van der Waals surface area contributed by atoms with Crippen LogP contribution in [0.25, 0.3) is 10.9 Å². The van der Waals surface area contributed by atoms with E-state index in [1.807, 2.05) is 24.3 Å². The third-order valence-electron chi connectivity index (χ3n) is 2.81. The van der Waals surface area contributed by atoms with E-state index >= 15 is 0 Å². The first-order valence-electron chi connectivity index (χ1n) is 6.50. The Balaban J connectivity index is 1.88. The zero-order valence-electron chi connectivity index (χ0n) is 11.4. The highest BCUT2D eigenvalue weighted by atomic mass is 16.5. The fourth-order valence-corrected chi connectivity index (χ4v) is 1.82. The first kappa shape index (κ1) is 14.2. The quantitative estimate of drug-likeness (QED) is 0.742. The number of fused-ring (bicyclic) bond motifs is 1. The number of benzene rings is 1. The van der Waals surface area contributed by atoms with Gasteiger partial charge in [0.05, 0.1) is 12.1 Å². The van der Waals surface area contributed by atoms with Crippen molar-refractivity contribution in [2.24, 2.45) is 0 Å². The second-order valence-corrected chi connectivity index (χ2v) is 4.29. The van der Waals surface area contributed by atoms with E-state index in [4.69, 9.17) is 4.74 Å². The number of amides is 1. The van der Waals surface area contributed by atoms with E-state index < -0.39 is 0 Å². The van der Waals surface area contributed by atoms with E-state index in [1.54, 1.807) is 7.11 Å². The Morgan fingerprint density at radius 3 is 3.00 bits per heavy atom. The van der Waals surface area contributed by atoms with Crippen LogP contribution in [0.3, 0.4) is 0 Å². The highest BCUT2D eigenvalue weighted by molar-refractivity contribution is 5.90. The average molecular weight is 274 g/mol. The molecule has 0 saturated heterocycles. The Kier molecular flexibility index (Phi) is 5.25. The van der Waals surface area contributed by atoms with Crippen molar-refractivity contribution in [2.75, 3.05) is 32.1 Å². The Labute approximate surface area is 117 Å². The van der Waals surface area contributed by atoms with Gasteiger partial charge in [-0.25, -0.2) is 9.97 Å². The van der Waals surface area contributed by atoms with Crippen LogP contribution in [0.2, 0.25) is 0 Å². The lowest BCUT2D eigenvalue weighted by Gasteiger charge is -2.08. The maximum absolute atomic E-state index is 11.7. The van der Waals surface area contributed by atoms with Crippen LogP contribution >= 0.6 is 0 Å². The molecule has 2 rings (SSSR count). The minimum absolute atomic E-state index is 0.0659. The number of aromatic nitrogens is 2. The molecule has 0 aliphatic heterocycles. The molecule has 0 unspecified atom stereocenters. The van der Waals surface area contributed by atoms with Gasteiger partial charge in [-0.15, -0.1) is 0 Å². The molecule has 0 fully saturated rings. The minimum Gasteiger partial charge on any atom is -0.385 e. The molecule has 0 saturated carbocycles. The molecule has 0 aliphatic rings. The second-order valence-electron chi connectivity index (χ2n) is 4.29. The maximum atomic E-state index is 11.7. The molecule has 0 bridgehead atoms. The Bertz CT molecular complexity index is 569. The molecule has 0 radical (unpaired) electrons. The molecule has 20 heavy (non-hydrogen) atoms. The largest absolute Gasteiger partial charge is 0.385 e. The minimum atomic E-state index is -0.0659. The molecule has 0 spiro atoms. The van der Waals surface area contributed by atoms with Crippen LogP contribution in [-0.2, 0) is 9.53 Å². The van der Waals surface area contributed by atoms with Gasteiger partial charge in [-0.2, -0.15) is 0 Å². The third-order valence-corrected chi connectivity index (χ3v) is 2.81. The van der Waals surface area contributed by atoms with E-state index in [-0.39, 0.29) is 12.5 Å². The molecule has 106 valence electrons. The first-order chi connectivity index (χ1) is 9.81. The smallest absolute Gasteiger partial charge is 0.239 e. The number of hydrogen-bond donors (Lipinski definition) is 2. The van der Waals surface area contributed by atoms with Crippen LogP contribution < -0.4 is 10.6 Å². The normalized spacial score (nSPS) is 10.4. The molecule has 2 aromatic rings. The lowest BCUT2D eigenvalue weighted by molar-refractivity contribution is -0.119. The number of nitrogens with one attached hydrogen (secondary N) is 2. The van der Waals surface area contributed by atoms with Crippen molar-refractivity contribution in [1.82, 2.24) is 15.3 Å². The molecule has 1 aromatic carbocycles. The van der Waals surface area contributed by atoms with Crippen LogP contribution in [-0.4, -0.2) is 42.7 Å². The lowest BCUT2D eigenvalue weighted by Crippen LogP contribution is -2.31. The molecule has 6 heteroatoms. The van der Waals surface area contributed by atoms with Gasteiger partial charge >= 0.3 is 0 Å². The van der Waals surface area contributed by atoms with Crippen LogP contribution in [0.15, 0.2) is 30.6 Å². The van der Waals surface area contributed by atoms with Gasteiger partial charge in [0.2, 0.25) is 5.91 Å². The van der Waals surface area contributed by atoms with E-state index in [0.29, 0.717) is 19.0 Å². The highest BCUT2D eigenvalue weighted by Crippen LogP contribution is 2.17. The van der Waals surface area contributed by atoms with Crippen LogP contribution in [0, 0.1) is 0 Å². The van der Waals surface area contributed by atoms with Gasteiger partial charge in [-0.1, -0.05) is 12.1 Å². The monoisotopic (exact) mass is 274 g/mol. The number of anilines is 1.